The number of benzene rings is 7. The number of allylic oxidation sites excluding steroid dienone is 1. The Bertz CT molecular complexity index is 2590. The largest absolute Gasteiger partial charge is 0.298 e. The predicted molar refractivity (Wildman–Crippen MR) is 233 cm³/mol. The third-order valence-electron chi connectivity index (χ3n) is 9.90. The van der Waals surface area contributed by atoms with Gasteiger partial charge in [-0.1, -0.05) is 166 Å². The van der Waals surface area contributed by atoms with E-state index in [1.165, 1.54) is 33.7 Å². The molecule has 0 radical (unpaired) electrons. The maximum Gasteiger partial charge on any atom is 0.193 e. The molecule has 0 bridgehead atoms. The zero-order valence-electron chi connectivity index (χ0n) is 31.7. The SMILES string of the molecule is Cc1cc(C(=O)c2cccc(C(=O)c3ccccc3)c2)cc(C(=C2CCC2)c2cccc(Pc3ccccc3)c2)c1.O=Cc1cccc(C(=O)c2ccccc2)c1. The molecule has 0 amide bonds. The van der Waals surface area contributed by atoms with Crippen molar-refractivity contribution in [3.63, 3.8) is 0 Å². The molecule has 1 unspecified atom stereocenters. The minimum absolute atomic E-state index is 0.0655. The zero-order chi connectivity index (χ0) is 39.6. The lowest BCUT2D eigenvalue weighted by Crippen LogP contribution is -2.09. The highest BCUT2D eigenvalue weighted by Gasteiger charge is 2.21. The number of aldehydes is 1. The Kier molecular flexibility index (Phi) is 12.4. The molecule has 1 fully saturated rings. The highest BCUT2D eigenvalue weighted by Crippen LogP contribution is 2.38. The molecule has 0 aromatic heterocycles. The van der Waals surface area contributed by atoms with E-state index in [-0.39, 0.29) is 17.3 Å². The lowest BCUT2D eigenvalue weighted by Gasteiger charge is -2.24. The summed E-state index contributed by atoms with van der Waals surface area (Å²) in [6.07, 6.45) is 4.11. The van der Waals surface area contributed by atoms with E-state index in [9.17, 15) is 19.2 Å². The molecule has 5 heteroatoms. The molecular formula is C52H41O4P. The Hall–Kier alpha value is -6.61. The van der Waals surface area contributed by atoms with Crippen LogP contribution in [0.4, 0.5) is 0 Å². The molecular weight excluding hydrogens is 720 g/mol. The molecule has 0 spiro atoms. The molecule has 0 heterocycles. The van der Waals surface area contributed by atoms with E-state index in [1.54, 1.807) is 72.8 Å². The van der Waals surface area contributed by atoms with Crippen LogP contribution in [0.1, 0.15) is 94.1 Å². The summed E-state index contributed by atoms with van der Waals surface area (Å²) >= 11 is 0. The van der Waals surface area contributed by atoms with E-state index in [2.05, 4.69) is 60.7 Å². The molecule has 4 nitrogen and oxygen atoms in total. The smallest absolute Gasteiger partial charge is 0.193 e. The van der Waals surface area contributed by atoms with E-state index >= 15 is 0 Å². The van der Waals surface area contributed by atoms with Crippen molar-refractivity contribution in [3.05, 3.63) is 243 Å². The Morgan fingerprint density at radius 1 is 0.439 bits per heavy atom. The first-order valence-electron chi connectivity index (χ1n) is 19.0. The van der Waals surface area contributed by atoms with E-state index in [0.29, 0.717) is 47.5 Å². The first kappa shape index (κ1) is 38.7. The first-order valence-corrected chi connectivity index (χ1v) is 20.0. The fourth-order valence-electron chi connectivity index (χ4n) is 6.91. The van der Waals surface area contributed by atoms with Crippen molar-refractivity contribution in [2.45, 2.75) is 26.2 Å². The standard InChI is InChI=1S/C38H31O2P.C14H10O2/c1-26-21-32(36(27-13-8-14-27)29-15-10-20-35(25-29)41-34-18-6-3-7-19-34)24-33(22-26)38(40)31-17-9-16-30(23-31)37(39)28-11-4-2-5-12-28;15-10-11-5-4-8-13(9-11)14(16)12-6-2-1-3-7-12/h2-7,9-12,15-25,41H,8,13-14H2,1H3;1-10H. The van der Waals surface area contributed by atoms with Crippen LogP contribution in [-0.2, 0) is 0 Å². The van der Waals surface area contributed by atoms with Crippen molar-refractivity contribution in [2.24, 2.45) is 0 Å². The second-order valence-electron chi connectivity index (χ2n) is 14.0. The van der Waals surface area contributed by atoms with Crippen molar-refractivity contribution < 1.29 is 19.2 Å². The summed E-state index contributed by atoms with van der Waals surface area (Å²) in [4.78, 5) is 49.5. The van der Waals surface area contributed by atoms with Crippen LogP contribution in [0.5, 0.6) is 0 Å². The van der Waals surface area contributed by atoms with Crippen molar-refractivity contribution in [1.82, 2.24) is 0 Å². The fraction of sp³-hybridized carbons (Fsp3) is 0.0769. The van der Waals surface area contributed by atoms with Gasteiger partial charge >= 0.3 is 0 Å². The fourth-order valence-corrected chi connectivity index (χ4v) is 8.01. The molecule has 1 saturated carbocycles. The van der Waals surface area contributed by atoms with E-state index in [4.69, 9.17) is 0 Å². The van der Waals surface area contributed by atoms with Crippen molar-refractivity contribution >= 4 is 48.4 Å². The van der Waals surface area contributed by atoms with Gasteiger partial charge in [0, 0.05) is 38.9 Å². The van der Waals surface area contributed by atoms with Crippen LogP contribution >= 0.6 is 8.58 Å². The van der Waals surface area contributed by atoms with Gasteiger partial charge in [-0.15, -0.1) is 0 Å². The summed E-state index contributed by atoms with van der Waals surface area (Å²) in [5, 5.41) is 2.62. The lowest BCUT2D eigenvalue weighted by molar-refractivity contribution is 0.102. The quantitative estimate of drug-likeness (QED) is 0.0748. The van der Waals surface area contributed by atoms with Crippen LogP contribution < -0.4 is 10.6 Å². The molecule has 0 aliphatic heterocycles. The van der Waals surface area contributed by atoms with E-state index in [0.717, 1.165) is 30.3 Å². The molecule has 7 aromatic carbocycles. The summed E-state index contributed by atoms with van der Waals surface area (Å²) in [5.41, 5.74) is 10.0. The van der Waals surface area contributed by atoms with Gasteiger partial charge in [0.05, 0.1) is 0 Å². The Morgan fingerprint density at radius 2 is 0.895 bits per heavy atom. The van der Waals surface area contributed by atoms with Gasteiger partial charge in [-0.2, -0.15) is 0 Å². The van der Waals surface area contributed by atoms with E-state index in [1.807, 2.05) is 55.5 Å². The summed E-state index contributed by atoms with van der Waals surface area (Å²) in [6.45, 7) is 2.05. The molecule has 0 saturated heterocycles. The van der Waals surface area contributed by atoms with Gasteiger partial charge in [-0.3, -0.25) is 19.2 Å². The number of aryl methyl sites for hydroxylation is 1. The highest BCUT2D eigenvalue weighted by molar-refractivity contribution is 7.55. The molecule has 1 atom stereocenters. The average molecular weight is 761 g/mol. The van der Waals surface area contributed by atoms with Crippen molar-refractivity contribution in [3.8, 4) is 0 Å². The summed E-state index contributed by atoms with van der Waals surface area (Å²) in [5.74, 6) is -0.225. The lowest BCUT2D eigenvalue weighted by atomic mass is 9.81. The van der Waals surface area contributed by atoms with Gasteiger partial charge in [-0.05, 0) is 89.4 Å². The second-order valence-corrected chi connectivity index (χ2v) is 15.4. The maximum absolute atomic E-state index is 13.8. The van der Waals surface area contributed by atoms with Crippen LogP contribution in [0.3, 0.4) is 0 Å². The molecule has 57 heavy (non-hydrogen) atoms. The second kappa shape index (κ2) is 18.3. The monoisotopic (exact) mass is 760 g/mol. The van der Waals surface area contributed by atoms with Gasteiger partial charge in [0.2, 0.25) is 0 Å². The summed E-state index contributed by atoms with van der Waals surface area (Å²) in [7, 11) is 0.590. The van der Waals surface area contributed by atoms with Crippen LogP contribution in [0.2, 0.25) is 0 Å². The number of carbonyl (C=O) groups excluding carboxylic acids is 4. The van der Waals surface area contributed by atoms with Crippen molar-refractivity contribution in [2.75, 3.05) is 0 Å². The van der Waals surface area contributed by atoms with Crippen LogP contribution in [0.15, 0.2) is 188 Å². The minimum atomic E-state index is -0.0849. The van der Waals surface area contributed by atoms with Crippen molar-refractivity contribution in [1.29, 1.82) is 0 Å². The Labute approximate surface area is 335 Å². The Balaban J connectivity index is 0.000000259. The van der Waals surface area contributed by atoms with Gasteiger partial charge < -0.3 is 0 Å². The van der Waals surface area contributed by atoms with Gasteiger partial charge in [0.15, 0.2) is 17.3 Å². The molecule has 0 N–H and O–H groups in total. The molecule has 1 aliphatic carbocycles. The third kappa shape index (κ3) is 9.62. The van der Waals surface area contributed by atoms with Crippen LogP contribution in [-0.4, -0.2) is 23.6 Å². The number of ketones is 3. The average Bonchev–Trinajstić information content (AvgIpc) is 3.25. The zero-order valence-corrected chi connectivity index (χ0v) is 32.7. The topological polar surface area (TPSA) is 68.3 Å². The van der Waals surface area contributed by atoms with E-state index < -0.39 is 0 Å². The normalized spacial score (nSPS) is 11.9. The molecule has 278 valence electrons. The predicted octanol–water partition coefficient (Wildman–Crippen LogP) is 10.8. The third-order valence-corrected chi connectivity index (χ3v) is 11.1. The number of hydrogen-bond donors (Lipinski definition) is 0. The summed E-state index contributed by atoms with van der Waals surface area (Å²) < 4.78 is 0. The van der Waals surface area contributed by atoms with Crippen LogP contribution in [0.25, 0.3) is 5.57 Å². The highest BCUT2D eigenvalue weighted by atomic mass is 31.1. The van der Waals surface area contributed by atoms with Crippen LogP contribution in [0, 0.1) is 6.92 Å². The first-order chi connectivity index (χ1) is 27.9. The van der Waals surface area contributed by atoms with Gasteiger partial charge in [0.1, 0.15) is 6.29 Å². The number of rotatable bonds is 11. The van der Waals surface area contributed by atoms with Gasteiger partial charge in [-0.25, -0.2) is 0 Å². The summed E-state index contributed by atoms with van der Waals surface area (Å²) in [6, 6.07) is 57.6. The minimum Gasteiger partial charge on any atom is -0.298 e. The number of hydrogen-bond acceptors (Lipinski definition) is 4. The molecule has 7 aromatic rings. The number of carbonyl (C=O) groups is 4. The Morgan fingerprint density at radius 3 is 1.47 bits per heavy atom. The maximum atomic E-state index is 13.8. The molecule has 1 aliphatic rings. The molecule has 8 rings (SSSR count). The van der Waals surface area contributed by atoms with Gasteiger partial charge in [0.25, 0.3) is 0 Å².